The van der Waals surface area contributed by atoms with Gasteiger partial charge in [0.15, 0.2) is 0 Å². The minimum Gasteiger partial charge on any atom is -0.481 e. The third kappa shape index (κ3) is 4.99. The first kappa shape index (κ1) is 14.2. The average molecular weight is 253 g/mol. The van der Waals surface area contributed by atoms with Gasteiger partial charge in [-0.25, -0.2) is 0 Å². The van der Waals surface area contributed by atoms with E-state index < -0.39 is 11.5 Å². The van der Waals surface area contributed by atoms with Crippen LogP contribution in [0.15, 0.2) is 12.4 Å². The highest BCUT2D eigenvalue weighted by Gasteiger charge is 2.21. The van der Waals surface area contributed by atoms with Crippen LogP contribution in [0.25, 0.3) is 0 Å². The molecule has 1 rings (SSSR count). The van der Waals surface area contributed by atoms with Crippen LogP contribution in [0.1, 0.15) is 32.3 Å². The molecule has 0 saturated carbocycles. The highest BCUT2D eigenvalue weighted by Crippen LogP contribution is 2.11. The molecule has 1 amide bonds. The van der Waals surface area contributed by atoms with Gasteiger partial charge in [0.05, 0.1) is 12.6 Å². The Morgan fingerprint density at radius 2 is 2.17 bits per heavy atom. The van der Waals surface area contributed by atoms with Gasteiger partial charge in [-0.3, -0.25) is 14.3 Å². The number of aryl methyl sites for hydroxylation is 1. The molecule has 0 bridgehead atoms. The van der Waals surface area contributed by atoms with Crippen LogP contribution >= 0.6 is 0 Å². The number of carboxylic acid groups (broad SMARTS) is 1. The minimum absolute atomic E-state index is 0.0418. The molecule has 18 heavy (non-hydrogen) atoms. The van der Waals surface area contributed by atoms with Crippen molar-refractivity contribution in [3.05, 3.63) is 18.0 Å². The number of hydrogen-bond acceptors (Lipinski definition) is 3. The molecule has 0 aromatic carbocycles. The fourth-order valence-corrected chi connectivity index (χ4v) is 1.65. The lowest BCUT2D eigenvalue weighted by atomic mass is 9.98. The molecule has 0 fully saturated rings. The molecule has 100 valence electrons. The van der Waals surface area contributed by atoms with E-state index in [0.717, 1.165) is 5.56 Å². The molecule has 0 aliphatic rings. The van der Waals surface area contributed by atoms with Crippen molar-refractivity contribution in [1.82, 2.24) is 15.1 Å². The molecule has 1 heterocycles. The van der Waals surface area contributed by atoms with Crippen molar-refractivity contribution in [2.24, 2.45) is 7.05 Å². The average Bonchev–Trinajstić information content (AvgIpc) is 2.60. The molecule has 0 atom stereocenters. The number of nitrogens with zero attached hydrogens (tertiary/aromatic N) is 2. The summed E-state index contributed by atoms with van der Waals surface area (Å²) in [6.07, 6.45) is 4.12. The number of amides is 1. The first-order valence-corrected chi connectivity index (χ1v) is 5.79. The Morgan fingerprint density at radius 1 is 1.50 bits per heavy atom. The Labute approximate surface area is 106 Å². The van der Waals surface area contributed by atoms with Crippen LogP contribution in [0.2, 0.25) is 0 Å². The van der Waals surface area contributed by atoms with E-state index >= 15 is 0 Å². The SMILES string of the molecule is Cn1cc(CC(=O)NC(C)(C)CCC(=O)O)cn1. The number of rotatable bonds is 6. The molecular formula is C12H19N3O3. The van der Waals surface area contributed by atoms with Crippen molar-refractivity contribution >= 4 is 11.9 Å². The second-order valence-electron chi connectivity index (χ2n) is 5.02. The summed E-state index contributed by atoms with van der Waals surface area (Å²) in [7, 11) is 1.79. The second-order valence-corrected chi connectivity index (χ2v) is 5.02. The van der Waals surface area contributed by atoms with E-state index in [4.69, 9.17) is 5.11 Å². The van der Waals surface area contributed by atoms with Gasteiger partial charge in [-0.1, -0.05) is 0 Å². The summed E-state index contributed by atoms with van der Waals surface area (Å²) in [6, 6.07) is 0. The summed E-state index contributed by atoms with van der Waals surface area (Å²) in [5.74, 6) is -0.983. The van der Waals surface area contributed by atoms with Crippen molar-refractivity contribution in [3.8, 4) is 0 Å². The molecule has 0 saturated heterocycles. The third-order valence-electron chi connectivity index (χ3n) is 2.56. The number of carboxylic acids is 1. The quantitative estimate of drug-likeness (QED) is 0.782. The summed E-state index contributed by atoms with van der Waals surface area (Å²) in [4.78, 5) is 22.3. The Bertz CT molecular complexity index is 438. The minimum atomic E-state index is -0.857. The lowest BCUT2D eigenvalue weighted by Crippen LogP contribution is -2.44. The Kier molecular flexibility index (Phi) is 4.47. The van der Waals surface area contributed by atoms with Crippen LogP contribution in [-0.2, 0) is 23.1 Å². The number of aliphatic carboxylic acids is 1. The molecule has 1 aromatic rings. The molecule has 0 aliphatic heterocycles. The topological polar surface area (TPSA) is 84.2 Å². The molecular weight excluding hydrogens is 234 g/mol. The largest absolute Gasteiger partial charge is 0.481 e. The number of nitrogens with one attached hydrogen (secondary N) is 1. The van der Waals surface area contributed by atoms with Crippen LogP contribution in [0, 0.1) is 0 Å². The molecule has 0 spiro atoms. The molecule has 2 N–H and O–H groups in total. The van der Waals surface area contributed by atoms with E-state index in [-0.39, 0.29) is 18.7 Å². The van der Waals surface area contributed by atoms with Gasteiger partial charge in [-0.2, -0.15) is 5.10 Å². The van der Waals surface area contributed by atoms with Crippen LogP contribution in [0.5, 0.6) is 0 Å². The Morgan fingerprint density at radius 3 is 2.67 bits per heavy atom. The summed E-state index contributed by atoms with van der Waals surface area (Å²) < 4.78 is 1.64. The zero-order chi connectivity index (χ0) is 13.8. The van der Waals surface area contributed by atoms with E-state index in [1.54, 1.807) is 24.1 Å². The fourth-order valence-electron chi connectivity index (χ4n) is 1.65. The smallest absolute Gasteiger partial charge is 0.303 e. The number of hydrogen-bond donors (Lipinski definition) is 2. The highest BCUT2D eigenvalue weighted by molar-refractivity contribution is 5.79. The summed E-state index contributed by atoms with van der Waals surface area (Å²) in [5, 5.41) is 15.4. The molecule has 6 heteroatoms. The van der Waals surface area contributed by atoms with Gasteiger partial charge in [0.25, 0.3) is 0 Å². The van der Waals surface area contributed by atoms with E-state index in [1.807, 2.05) is 13.8 Å². The summed E-state index contributed by atoms with van der Waals surface area (Å²) in [5.41, 5.74) is 0.321. The molecule has 0 aliphatic carbocycles. The van der Waals surface area contributed by atoms with Crippen molar-refractivity contribution in [3.63, 3.8) is 0 Å². The van der Waals surface area contributed by atoms with Gasteiger partial charge in [-0.15, -0.1) is 0 Å². The van der Waals surface area contributed by atoms with Gasteiger partial charge in [0, 0.05) is 25.2 Å². The maximum atomic E-state index is 11.8. The standard InChI is InChI=1S/C12H19N3O3/c1-12(2,5-4-11(17)18)14-10(16)6-9-7-13-15(3)8-9/h7-8H,4-6H2,1-3H3,(H,14,16)(H,17,18). The van der Waals surface area contributed by atoms with E-state index in [2.05, 4.69) is 10.4 Å². The third-order valence-corrected chi connectivity index (χ3v) is 2.56. The number of aromatic nitrogens is 2. The lowest BCUT2D eigenvalue weighted by Gasteiger charge is -2.25. The van der Waals surface area contributed by atoms with Gasteiger partial charge in [-0.05, 0) is 25.8 Å². The molecule has 6 nitrogen and oxygen atoms in total. The maximum Gasteiger partial charge on any atom is 0.303 e. The van der Waals surface area contributed by atoms with Gasteiger partial charge >= 0.3 is 5.97 Å². The Balaban J connectivity index is 2.45. The van der Waals surface area contributed by atoms with E-state index in [0.29, 0.717) is 6.42 Å². The van der Waals surface area contributed by atoms with E-state index in [9.17, 15) is 9.59 Å². The molecule has 0 unspecified atom stereocenters. The second kappa shape index (κ2) is 5.66. The van der Waals surface area contributed by atoms with Gasteiger partial charge < -0.3 is 10.4 Å². The van der Waals surface area contributed by atoms with Crippen molar-refractivity contribution in [1.29, 1.82) is 0 Å². The monoisotopic (exact) mass is 253 g/mol. The maximum absolute atomic E-state index is 11.8. The van der Waals surface area contributed by atoms with Crippen LogP contribution in [0.3, 0.4) is 0 Å². The number of carbonyl (C=O) groups excluding carboxylic acids is 1. The predicted molar refractivity (Wildman–Crippen MR) is 66.0 cm³/mol. The molecule has 0 radical (unpaired) electrons. The normalized spacial score (nSPS) is 11.3. The van der Waals surface area contributed by atoms with Crippen LogP contribution in [-0.4, -0.2) is 32.3 Å². The molecule has 1 aromatic heterocycles. The number of carbonyl (C=O) groups is 2. The van der Waals surface area contributed by atoms with Crippen LogP contribution in [0.4, 0.5) is 0 Å². The highest BCUT2D eigenvalue weighted by atomic mass is 16.4. The zero-order valence-electron chi connectivity index (χ0n) is 10.9. The van der Waals surface area contributed by atoms with Crippen molar-refractivity contribution in [2.45, 2.75) is 38.6 Å². The fraction of sp³-hybridized carbons (Fsp3) is 0.583. The summed E-state index contributed by atoms with van der Waals surface area (Å²) in [6.45, 7) is 3.63. The van der Waals surface area contributed by atoms with Gasteiger partial charge in [0.2, 0.25) is 5.91 Å². The first-order valence-electron chi connectivity index (χ1n) is 5.79. The van der Waals surface area contributed by atoms with Crippen LogP contribution < -0.4 is 5.32 Å². The Hall–Kier alpha value is -1.85. The first-order chi connectivity index (χ1) is 8.28. The van der Waals surface area contributed by atoms with Gasteiger partial charge in [0.1, 0.15) is 0 Å². The zero-order valence-corrected chi connectivity index (χ0v) is 10.9. The lowest BCUT2D eigenvalue weighted by molar-refractivity contribution is -0.137. The predicted octanol–water partition coefficient (Wildman–Crippen LogP) is 0.722. The van der Waals surface area contributed by atoms with E-state index in [1.165, 1.54) is 0 Å². The summed E-state index contributed by atoms with van der Waals surface area (Å²) >= 11 is 0. The van der Waals surface area contributed by atoms with Crippen molar-refractivity contribution in [2.75, 3.05) is 0 Å². The van der Waals surface area contributed by atoms with Crippen molar-refractivity contribution < 1.29 is 14.7 Å².